The minimum absolute atomic E-state index is 0.159. The maximum absolute atomic E-state index is 11.2. The molecule has 0 aliphatic heterocycles. The van der Waals surface area contributed by atoms with E-state index in [1.165, 1.54) is 0 Å². The van der Waals surface area contributed by atoms with Gasteiger partial charge in [0.2, 0.25) is 0 Å². The molecule has 0 spiro atoms. The van der Waals surface area contributed by atoms with Crippen molar-refractivity contribution in [3.8, 4) is 6.07 Å². The van der Waals surface area contributed by atoms with Crippen molar-refractivity contribution in [2.45, 2.75) is 19.4 Å². The summed E-state index contributed by atoms with van der Waals surface area (Å²) in [4.78, 5) is 13.8. The smallest absolute Gasteiger partial charge is 0.252 e. The van der Waals surface area contributed by atoms with Crippen LogP contribution < -0.4 is 11.3 Å². The monoisotopic (exact) mass is 177 g/mol. The number of nitriles is 1. The van der Waals surface area contributed by atoms with Crippen LogP contribution in [-0.2, 0) is 0 Å². The summed E-state index contributed by atoms with van der Waals surface area (Å²) in [5.41, 5.74) is 6.83. The first-order valence-corrected chi connectivity index (χ1v) is 3.97. The predicted octanol–water partition coefficient (Wildman–Crippen LogP) is 0.597. The molecule has 1 heterocycles. The molecule has 1 rings (SSSR count). The lowest BCUT2D eigenvalue weighted by atomic mass is 10.1. The molecule has 1 atom stereocenters. The van der Waals surface area contributed by atoms with Gasteiger partial charge in [-0.05, 0) is 18.6 Å². The third-order valence-corrected chi connectivity index (χ3v) is 1.79. The molecule has 0 aromatic carbocycles. The van der Waals surface area contributed by atoms with Crippen LogP contribution in [0.15, 0.2) is 17.1 Å². The highest BCUT2D eigenvalue weighted by Crippen LogP contribution is 2.09. The zero-order valence-electron chi connectivity index (χ0n) is 7.37. The lowest BCUT2D eigenvalue weighted by Crippen LogP contribution is -2.21. The molecule has 0 aliphatic carbocycles. The number of H-pyrrole nitrogens is 1. The lowest BCUT2D eigenvalue weighted by Gasteiger charge is -2.06. The maximum atomic E-state index is 11.2. The van der Waals surface area contributed by atoms with E-state index in [0.29, 0.717) is 5.56 Å². The van der Waals surface area contributed by atoms with Gasteiger partial charge in [-0.3, -0.25) is 4.79 Å². The van der Waals surface area contributed by atoms with Gasteiger partial charge in [0.1, 0.15) is 0 Å². The molecule has 0 fully saturated rings. The summed E-state index contributed by atoms with van der Waals surface area (Å²) >= 11 is 0. The van der Waals surface area contributed by atoms with Crippen molar-refractivity contribution < 1.29 is 0 Å². The standard InChI is InChI=1S/C9H11N3O/c1-6-4-7(8(11)2-3-10)9(13)12-5-6/h4-5,8H,2,11H2,1H3,(H,12,13)/t8-/m0/s1. The van der Waals surface area contributed by atoms with Gasteiger partial charge in [0.05, 0.1) is 12.5 Å². The second kappa shape index (κ2) is 3.87. The first kappa shape index (κ1) is 9.49. The minimum atomic E-state index is -0.492. The fraction of sp³-hybridized carbons (Fsp3) is 0.333. The summed E-state index contributed by atoms with van der Waals surface area (Å²) < 4.78 is 0. The van der Waals surface area contributed by atoms with E-state index < -0.39 is 6.04 Å². The average Bonchev–Trinajstić information content (AvgIpc) is 2.09. The van der Waals surface area contributed by atoms with Crippen LogP contribution in [-0.4, -0.2) is 4.98 Å². The Labute approximate surface area is 76.0 Å². The maximum Gasteiger partial charge on any atom is 0.252 e. The van der Waals surface area contributed by atoms with Crippen molar-refractivity contribution in [1.82, 2.24) is 4.98 Å². The number of aromatic nitrogens is 1. The molecule has 0 saturated carbocycles. The summed E-state index contributed by atoms with van der Waals surface area (Å²) in [6.07, 6.45) is 1.78. The fourth-order valence-electron chi connectivity index (χ4n) is 1.10. The Hall–Kier alpha value is -1.60. The zero-order valence-corrected chi connectivity index (χ0v) is 7.37. The Balaban J connectivity index is 3.07. The highest BCUT2D eigenvalue weighted by Gasteiger charge is 2.09. The highest BCUT2D eigenvalue weighted by atomic mass is 16.1. The molecule has 4 heteroatoms. The van der Waals surface area contributed by atoms with Crippen LogP contribution in [0.2, 0.25) is 0 Å². The van der Waals surface area contributed by atoms with Crippen molar-refractivity contribution in [3.05, 3.63) is 33.7 Å². The molecule has 0 unspecified atom stereocenters. The number of nitrogens with one attached hydrogen (secondary N) is 1. The normalized spacial score (nSPS) is 12.1. The van der Waals surface area contributed by atoms with Crippen LogP contribution in [0.1, 0.15) is 23.6 Å². The van der Waals surface area contributed by atoms with Gasteiger partial charge in [-0.15, -0.1) is 0 Å². The summed E-state index contributed by atoms with van der Waals surface area (Å²) in [6.45, 7) is 1.86. The minimum Gasteiger partial charge on any atom is -0.329 e. The molecule has 1 aromatic rings. The van der Waals surface area contributed by atoms with Crippen LogP contribution in [0.5, 0.6) is 0 Å². The Morgan fingerprint density at radius 2 is 2.46 bits per heavy atom. The van der Waals surface area contributed by atoms with E-state index in [1.807, 2.05) is 13.0 Å². The largest absolute Gasteiger partial charge is 0.329 e. The highest BCUT2D eigenvalue weighted by molar-refractivity contribution is 5.20. The number of rotatable bonds is 2. The van der Waals surface area contributed by atoms with Gasteiger partial charge in [0.15, 0.2) is 0 Å². The van der Waals surface area contributed by atoms with Gasteiger partial charge in [0, 0.05) is 17.8 Å². The molecule has 68 valence electrons. The van der Waals surface area contributed by atoms with Crippen molar-refractivity contribution in [2.24, 2.45) is 5.73 Å². The first-order chi connectivity index (χ1) is 6.15. The zero-order chi connectivity index (χ0) is 9.84. The molecule has 0 amide bonds. The topological polar surface area (TPSA) is 82.7 Å². The van der Waals surface area contributed by atoms with Crippen LogP contribution >= 0.6 is 0 Å². The van der Waals surface area contributed by atoms with E-state index in [-0.39, 0.29) is 12.0 Å². The number of pyridine rings is 1. The fourth-order valence-corrected chi connectivity index (χ4v) is 1.10. The van der Waals surface area contributed by atoms with Crippen molar-refractivity contribution in [3.63, 3.8) is 0 Å². The number of aryl methyl sites for hydroxylation is 1. The van der Waals surface area contributed by atoms with Crippen LogP contribution in [0, 0.1) is 18.3 Å². The molecular formula is C9H11N3O. The van der Waals surface area contributed by atoms with Gasteiger partial charge in [0.25, 0.3) is 5.56 Å². The van der Waals surface area contributed by atoms with E-state index in [9.17, 15) is 4.79 Å². The second-order valence-electron chi connectivity index (χ2n) is 2.93. The first-order valence-electron chi connectivity index (χ1n) is 3.97. The molecule has 0 radical (unpaired) electrons. The molecule has 0 aliphatic rings. The van der Waals surface area contributed by atoms with E-state index in [2.05, 4.69) is 4.98 Å². The molecule has 3 N–H and O–H groups in total. The van der Waals surface area contributed by atoms with Gasteiger partial charge in [-0.2, -0.15) is 5.26 Å². The number of hydrogen-bond donors (Lipinski definition) is 2. The Morgan fingerprint density at radius 1 is 1.77 bits per heavy atom. The van der Waals surface area contributed by atoms with Crippen molar-refractivity contribution in [1.29, 1.82) is 5.26 Å². The SMILES string of the molecule is Cc1c[nH]c(=O)c([C@@H](N)CC#N)c1. The van der Waals surface area contributed by atoms with Crippen LogP contribution in [0.25, 0.3) is 0 Å². The molecule has 1 aromatic heterocycles. The third-order valence-electron chi connectivity index (χ3n) is 1.79. The van der Waals surface area contributed by atoms with E-state index >= 15 is 0 Å². The Kier molecular flexibility index (Phi) is 2.83. The Morgan fingerprint density at radius 3 is 3.08 bits per heavy atom. The van der Waals surface area contributed by atoms with Gasteiger partial charge >= 0.3 is 0 Å². The van der Waals surface area contributed by atoms with Crippen molar-refractivity contribution in [2.75, 3.05) is 0 Å². The quantitative estimate of drug-likeness (QED) is 0.693. The molecule has 4 nitrogen and oxygen atoms in total. The molecule has 0 bridgehead atoms. The number of nitrogens with two attached hydrogens (primary N) is 1. The lowest BCUT2D eigenvalue weighted by molar-refractivity contribution is 0.734. The average molecular weight is 177 g/mol. The third kappa shape index (κ3) is 2.17. The molecular weight excluding hydrogens is 166 g/mol. The summed E-state index contributed by atoms with van der Waals surface area (Å²) in [7, 11) is 0. The van der Waals surface area contributed by atoms with Gasteiger partial charge in [-0.25, -0.2) is 0 Å². The predicted molar refractivity (Wildman–Crippen MR) is 49.0 cm³/mol. The van der Waals surface area contributed by atoms with Gasteiger partial charge < -0.3 is 10.7 Å². The summed E-state index contributed by atoms with van der Waals surface area (Å²) in [6, 6.07) is 3.15. The van der Waals surface area contributed by atoms with E-state index in [0.717, 1.165) is 5.56 Å². The molecule has 0 saturated heterocycles. The number of aromatic amines is 1. The van der Waals surface area contributed by atoms with E-state index in [1.54, 1.807) is 12.3 Å². The number of nitrogens with zero attached hydrogens (tertiary/aromatic N) is 1. The number of hydrogen-bond acceptors (Lipinski definition) is 3. The van der Waals surface area contributed by atoms with Crippen LogP contribution in [0.4, 0.5) is 0 Å². The van der Waals surface area contributed by atoms with E-state index in [4.69, 9.17) is 11.0 Å². The van der Waals surface area contributed by atoms with Crippen LogP contribution in [0.3, 0.4) is 0 Å². The molecule has 13 heavy (non-hydrogen) atoms. The van der Waals surface area contributed by atoms with Crippen molar-refractivity contribution >= 4 is 0 Å². The summed E-state index contributed by atoms with van der Waals surface area (Å²) in [5, 5.41) is 8.42. The van der Waals surface area contributed by atoms with Gasteiger partial charge in [-0.1, -0.05) is 0 Å². The Bertz CT molecular complexity index is 389. The second-order valence-corrected chi connectivity index (χ2v) is 2.93. The summed E-state index contributed by atoms with van der Waals surface area (Å²) in [5.74, 6) is 0.